The highest BCUT2D eigenvalue weighted by Crippen LogP contribution is 2.33. The minimum absolute atomic E-state index is 0.161. The van der Waals surface area contributed by atoms with E-state index in [0.717, 1.165) is 27.2 Å². The first-order valence-corrected chi connectivity index (χ1v) is 9.36. The maximum Gasteiger partial charge on any atom is 0.274 e. The number of hydrogen-bond acceptors (Lipinski definition) is 5. The molecule has 0 aliphatic heterocycles. The average molecular weight is 375 g/mol. The molecule has 0 bridgehead atoms. The molecule has 0 unspecified atom stereocenters. The van der Waals surface area contributed by atoms with Crippen LogP contribution >= 0.6 is 11.8 Å². The zero-order valence-corrected chi connectivity index (χ0v) is 15.4. The highest BCUT2D eigenvalue weighted by molar-refractivity contribution is 7.99. The molecule has 0 aliphatic carbocycles. The number of H-pyrrole nitrogens is 1. The zero-order chi connectivity index (χ0) is 18.6. The molecule has 0 aliphatic rings. The Morgan fingerprint density at radius 1 is 1.11 bits per heavy atom. The minimum atomic E-state index is -0.228. The highest BCUT2D eigenvalue weighted by Gasteiger charge is 2.12. The number of nitrogens with one attached hydrogen (secondary N) is 2. The molecule has 27 heavy (non-hydrogen) atoms. The van der Waals surface area contributed by atoms with Crippen molar-refractivity contribution < 1.29 is 4.79 Å². The van der Waals surface area contributed by atoms with Crippen molar-refractivity contribution in [1.29, 1.82) is 0 Å². The van der Waals surface area contributed by atoms with Gasteiger partial charge in [-0.1, -0.05) is 48.2 Å². The molecule has 2 aromatic carbocycles. The number of pyridine rings is 1. The summed E-state index contributed by atoms with van der Waals surface area (Å²) in [5, 5.41) is 13.6. The van der Waals surface area contributed by atoms with Crippen LogP contribution in [0.3, 0.4) is 0 Å². The predicted octanol–water partition coefficient (Wildman–Crippen LogP) is 4.46. The molecular formula is C20H17N5OS. The lowest BCUT2D eigenvalue weighted by Crippen LogP contribution is -2.13. The third-order valence-corrected chi connectivity index (χ3v) is 5.21. The summed E-state index contributed by atoms with van der Waals surface area (Å²) in [6.45, 7) is 2.08. The van der Waals surface area contributed by atoms with Crippen LogP contribution in [-0.4, -0.2) is 26.1 Å². The SMILES string of the molecule is C[C@H](Sc1nnc[nH]1)c1cccc(NC(=O)c2cc3ccccc3cn2)c1. The fraction of sp³-hybridized carbons (Fsp3) is 0.100. The second kappa shape index (κ2) is 7.59. The van der Waals surface area contributed by atoms with E-state index in [9.17, 15) is 4.79 Å². The molecule has 4 rings (SSSR count). The first kappa shape index (κ1) is 17.2. The molecule has 6 nitrogen and oxygen atoms in total. The molecule has 4 aromatic rings. The number of thioether (sulfide) groups is 1. The maximum atomic E-state index is 12.6. The molecule has 2 heterocycles. The molecule has 7 heteroatoms. The van der Waals surface area contributed by atoms with Crippen molar-refractivity contribution in [2.75, 3.05) is 5.32 Å². The zero-order valence-electron chi connectivity index (χ0n) is 14.6. The lowest BCUT2D eigenvalue weighted by molar-refractivity contribution is 0.102. The quantitative estimate of drug-likeness (QED) is 0.503. The van der Waals surface area contributed by atoms with Crippen molar-refractivity contribution in [3.63, 3.8) is 0 Å². The Morgan fingerprint density at radius 3 is 2.78 bits per heavy atom. The van der Waals surface area contributed by atoms with Crippen LogP contribution in [-0.2, 0) is 0 Å². The number of rotatable bonds is 5. The van der Waals surface area contributed by atoms with Crippen molar-refractivity contribution in [2.45, 2.75) is 17.3 Å². The number of hydrogen-bond donors (Lipinski definition) is 2. The highest BCUT2D eigenvalue weighted by atomic mass is 32.2. The number of amides is 1. The van der Waals surface area contributed by atoms with E-state index >= 15 is 0 Å². The van der Waals surface area contributed by atoms with Gasteiger partial charge >= 0.3 is 0 Å². The fourth-order valence-electron chi connectivity index (χ4n) is 2.76. The van der Waals surface area contributed by atoms with Crippen LogP contribution in [0.1, 0.15) is 28.2 Å². The Bertz CT molecular complexity index is 1080. The van der Waals surface area contributed by atoms with E-state index in [-0.39, 0.29) is 11.2 Å². The topological polar surface area (TPSA) is 83.6 Å². The number of nitrogens with zero attached hydrogens (tertiary/aromatic N) is 3. The molecule has 0 saturated carbocycles. The second-order valence-electron chi connectivity index (χ2n) is 6.05. The van der Waals surface area contributed by atoms with Crippen molar-refractivity contribution in [1.82, 2.24) is 20.2 Å². The van der Waals surface area contributed by atoms with Gasteiger partial charge in [0.25, 0.3) is 5.91 Å². The van der Waals surface area contributed by atoms with Gasteiger partial charge in [-0.25, -0.2) is 0 Å². The van der Waals surface area contributed by atoms with Crippen LogP contribution < -0.4 is 5.32 Å². The van der Waals surface area contributed by atoms with E-state index in [0.29, 0.717) is 5.69 Å². The Kier molecular flexibility index (Phi) is 4.84. The van der Waals surface area contributed by atoms with E-state index in [1.807, 2.05) is 48.5 Å². The van der Waals surface area contributed by atoms with Crippen LogP contribution in [0.4, 0.5) is 5.69 Å². The van der Waals surface area contributed by atoms with Crippen molar-refractivity contribution in [3.05, 3.63) is 78.4 Å². The van der Waals surface area contributed by atoms with Crippen molar-refractivity contribution in [3.8, 4) is 0 Å². The van der Waals surface area contributed by atoms with Gasteiger partial charge in [-0.05, 0) is 36.1 Å². The molecule has 1 atom stereocenters. The van der Waals surface area contributed by atoms with Crippen molar-refractivity contribution >= 4 is 34.1 Å². The Labute approximate surface area is 160 Å². The molecule has 2 N–H and O–H groups in total. The normalized spacial score (nSPS) is 12.0. The third kappa shape index (κ3) is 3.98. The third-order valence-electron chi connectivity index (χ3n) is 4.16. The van der Waals surface area contributed by atoms with Crippen LogP contribution in [0.15, 0.2) is 72.3 Å². The number of fused-ring (bicyclic) bond motifs is 1. The maximum absolute atomic E-state index is 12.6. The first-order valence-electron chi connectivity index (χ1n) is 8.48. The number of aromatic nitrogens is 4. The Morgan fingerprint density at radius 2 is 1.96 bits per heavy atom. The molecule has 0 fully saturated rings. The summed E-state index contributed by atoms with van der Waals surface area (Å²) >= 11 is 1.57. The number of anilines is 1. The van der Waals surface area contributed by atoms with E-state index in [1.165, 1.54) is 0 Å². The van der Waals surface area contributed by atoms with Gasteiger partial charge in [0.15, 0.2) is 5.16 Å². The van der Waals surface area contributed by atoms with Crippen LogP contribution in [0.2, 0.25) is 0 Å². The van der Waals surface area contributed by atoms with Crippen molar-refractivity contribution in [2.24, 2.45) is 0 Å². The van der Waals surface area contributed by atoms with E-state index in [1.54, 1.807) is 30.4 Å². The van der Waals surface area contributed by atoms with Gasteiger partial charge in [-0.2, -0.15) is 0 Å². The van der Waals surface area contributed by atoms with E-state index in [4.69, 9.17) is 0 Å². The summed E-state index contributed by atoms with van der Waals surface area (Å²) in [4.78, 5) is 19.9. The van der Waals surface area contributed by atoms with E-state index < -0.39 is 0 Å². The first-order chi connectivity index (χ1) is 13.2. The summed E-state index contributed by atoms with van der Waals surface area (Å²) in [5.41, 5.74) is 2.21. The summed E-state index contributed by atoms with van der Waals surface area (Å²) in [7, 11) is 0. The lowest BCUT2D eigenvalue weighted by Gasteiger charge is -2.12. The number of benzene rings is 2. The molecule has 0 spiro atoms. The fourth-order valence-corrected chi connectivity index (χ4v) is 3.59. The second-order valence-corrected chi connectivity index (χ2v) is 7.38. The van der Waals surface area contributed by atoms with Crippen LogP contribution in [0.5, 0.6) is 0 Å². The van der Waals surface area contributed by atoms with Crippen LogP contribution in [0, 0.1) is 0 Å². The summed E-state index contributed by atoms with van der Waals surface area (Å²) in [5.74, 6) is -0.228. The summed E-state index contributed by atoms with van der Waals surface area (Å²) in [6, 6.07) is 17.4. The van der Waals surface area contributed by atoms with Gasteiger partial charge in [-0.15, -0.1) is 10.2 Å². The smallest absolute Gasteiger partial charge is 0.274 e. The predicted molar refractivity (Wildman–Crippen MR) is 107 cm³/mol. The number of carbonyl (C=O) groups is 1. The Hall–Kier alpha value is -3.19. The van der Waals surface area contributed by atoms with Crippen LogP contribution in [0.25, 0.3) is 10.8 Å². The monoisotopic (exact) mass is 375 g/mol. The van der Waals surface area contributed by atoms with Gasteiger partial charge in [0, 0.05) is 22.5 Å². The standard InChI is InChI=1S/C20H17N5OS/c1-13(27-20-22-12-23-25-20)14-7-4-8-17(9-14)24-19(26)18-10-15-5-2-3-6-16(15)11-21-18/h2-13H,1H3,(H,24,26)(H,22,23,25)/t13-/m0/s1. The van der Waals surface area contributed by atoms with Gasteiger partial charge < -0.3 is 10.3 Å². The molecule has 0 saturated heterocycles. The Balaban J connectivity index is 1.50. The van der Waals surface area contributed by atoms with Gasteiger partial charge in [0.05, 0.1) is 0 Å². The number of carbonyl (C=O) groups excluding carboxylic acids is 1. The van der Waals surface area contributed by atoms with Gasteiger partial charge in [-0.3, -0.25) is 9.78 Å². The summed E-state index contributed by atoms with van der Waals surface area (Å²) in [6.07, 6.45) is 3.28. The lowest BCUT2D eigenvalue weighted by atomic mass is 10.1. The largest absolute Gasteiger partial charge is 0.323 e. The van der Waals surface area contributed by atoms with Gasteiger partial charge in [0.1, 0.15) is 12.0 Å². The summed E-state index contributed by atoms with van der Waals surface area (Å²) < 4.78 is 0. The van der Waals surface area contributed by atoms with Gasteiger partial charge in [0.2, 0.25) is 0 Å². The molecule has 0 radical (unpaired) electrons. The minimum Gasteiger partial charge on any atom is -0.323 e. The van der Waals surface area contributed by atoms with E-state index in [2.05, 4.69) is 32.4 Å². The molecule has 134 valence electrons. The molecule has 2 aromatic heterocycles. The molecule has 1 amide bonds. The molecular weight excluding hydrogens is 358 g/mol. The number of aromatic amines is 1. The average Bonchev–Trinajstić information content (AvgIpc) is 3.21.